The maximum atomic E-state index is 10.4. The molecule has 1 aliphatic rings. The van der Waals surface area contributed by atoms with Crippen LogP contribution in [0, 0.1) is 5.92 Å². The van der Waals surface area contributed by atoms with Gasteiger partial charge in [0, 0.05) is 6.54 Å². The standard InChI is InChI=1S/C9H17NO3/c1-7(11)8-3-2-4-10(5-8)6-9(12)13/h7-8,11H,2-6H2,1H3,(H,12,13)/t7-,8-/m0/s1. The van der Waals surface area contributed by atoms with Gasteiger partial charge in [-0.05, 0) is 32.2 Å². The topological polar surface area (TPSA) is 60.8 Å². The fourth-order valence-electron chi connectivity index (χ4n) is 1.82. The summed E-state index contributed by atoms with van der Waals surface area (Å²) in [5.41, 5.74) is 0. The van der Waals surface area contributed by atoms with Gasteiger partial charge in [0.25, 0.3) is 0 Å². The van der Waals surface area contributed by atoms with Gasteiger partial charge in [-0.3, -0.25) is 9.69 Å². The number of aliphatic hydroxyl groups is 1. The Hall–Kier alpha value is -0.610. The Morgan fingerprint density at radius 3 is 2.92 bits per heavy atom. The SMILES string of the molecule is C[C@H](O)[C@H]1CCCN(CC(=O)O)C1. The first-order valence-corrected chi connectivity index (χ1v) is 4.72. The minimum atomic E-state index is -0.786. The molecule has 2 N–H and O–H groups in total. The summed E-state index contributed by atoms with van der Waals surface area (Å²) in [4.78, 5) is 12.3. The van der Waals surface area contributed by atoms with E-state index in [4.69, 9.17) is 5.11 Å². The molecular weight excluding hydrogens is 170 g/mol. The lowest BCUT2D eigenvalue weighted by Crippen LogP contribution is -2.41. The molecule has 1 rings (SSSR count). The number of aliphatic carboxylic acids is 1. The van der Waals surface area contributed by atoms with E-state index in [1.165, 1.54) is 0 Å². The number of hydrogen-bond acceptors (Lipinski definition) is 3. The third-order valence-electron chi connectivity index (χ3n) is 2.58. The van der Waals surface area contributed by atoms with Crippen LogP contribution in [0.25, 0.3) is 0 Å². The van der Waals surface area contributed by atoms with Crippen LogP contribution in [0.3, 0.4) is 0 Å². The van der Waals surface area contributed by atoms with Crippen LogP contribution in [-0.4, -0.2) is 46.8 Å². The summed E-state index contributed by atoms with van der Waals surface area (Å²) < 4.78 is 0. The van der Waals surface area contributed by atoms with Gasteiger partial charge in [-0.15, -0.1) is 0 Å². The Kier molecular flexibility index (Phi) is 3.69. The van der Waals surface area contributed by atoms with Crippen LogP contribution in [0.15, 0.2) is 0 Å². The van der Waals surface area contributed by atoms with Crippen molar-refractivity contribution in [2.45, 2.75) is 25.9 Å². The second-order valence-corrected chi connectivity index (χ2v) is 3.77. The van der Waals surface area contributed by atoms with E-state index in [1.807, 2.05) is 4.90 Å². The van der Waals surface area contributed by atoms with E-state index in [2.05, 4.69) is 0 Å². The number of hydrogen-bond donors (Lipinski definition) is 2. The quantitative estimate of drug-likeness (QED) is 0.661. The maximum absolute atomic E-state index is 10.4. The van der Waals surface area contributed by atoms with Gasteiger partial charge in [-0.25, -0.2) is 0 Å². The highest BCUT2D eigenvalue weighted by Gasteiger charge is 2.24. The molecule has 0 unspecified atom stereocenters. The van der Waals surface area contributed by atoms with Gasteiger partial charge in [0.15, 0.2) is 0 Å². The summed E-state index contributed by atoms with van der Waals surface area (Å²) in [6, 6.07) is 0. The van der Waals surface area contributed by atoms with E-state index in [-0.39, 0.29) is 18.6 Å². The Bertz CT molecular complexity index is 182. The van der Waals surface area contributed by atoms with Gasteiger partial charge in [0.1, 0.15) is 0 Å². The van der Waals surface area contributed by atoms with Crippen LogP contribution in [0.4, 0.5) is 0 Å². The van der Waals surface area contributed by atoms with E-state index in [0.29, 0.717) is 6.54 Å². The Morgan fingerprint density at radius 2 is 2.38 bits per heavy atom. The minimum absolute atomic E-state index is 0.100. The van der Waals surface area contributed by atoms with Crippen LogP contribution in [-0.2, 0) is 4.79 Å². The Labute approximate surface area is 78.2 Å². The van der Waals surface area contributed by atoms with Crippen LogP contribution in [0.1, 0.15) is 19.8 Å². The Balaban J connectivity index is 2.37. The van der Waals surface area contributed by atoms with E-state index in [9.17, 15) is 9.90 Å². The zero-order chi connectivity index (χ0) is 9.84. The predicted octanol–water partition coefficient (Wildman–Crippen LogP) is 0.164. The molecule has 1 fully saturated rings. The van der Waals surface area contributed by atoms with Crippen LogP contribution in [0.2, 0.25) is 0 Å². The summed E-state index contributed by atoms with van der Waals surface area (Å²) in [7, 11) is 0. The normalized spacial score (nSPS) is 27.1. The third-order valence-corrected chi connectivity index (χ3v) is 2.58. The lowest BCUT2D eigenvalue weighted by Gasteiger charge is -2.32. The highest BCUT2D eigenvalue weighted by molar-refractivity contribution is 5.69. The highest BCUT2D eigenvalue weighted by atomic mass is 16.4. The number of carbonyl (C=O) groups is 1. The molecule has 0 spiro atoms. The van der Waals surface area contributed by atoms with Crippen LogP contribution in [0.5, 0.6) is 0 Å². The summed E-state index contributed by atoms with van der Waals surface area (Å²) in [6.07, 6.45) is 1.67. The van der Waals surface area contributed by atoms with Crippen molar-refractivity contribution < 1.29 is 15.0 Å². The molecule has 0 aliphatic carbocycles. The number of carboxylic acids is 1. The zero-order valence-corrected chi connectivity index (χ0v) is 7.94. The number of likely N-dealkylation sites (tertiary alicyclic amines) is 1. The molecule has 0 aromatic rings. The average Bonchev–Trinajstić information content (AvgIpc) is 2.03. The van der Waals surface area contributed by atoms with Crippen LogP contribution >= 0.6 is 0 Å². The molecule has 0 saturated carbocycles. The molecule has 76 valence electrons. The average molecular weight is 187 g/mol. The molecule has 2 atom stereocenters. The van der Waals surface area contributed by atoms with Crippen molar-refractivity contribution in [1.29, 1.82) is 0 Å². The van der Waals surface area contributed by atoms with Crippen molar-refractivity contribution in [1.82, 2.24) is 4.90 Å². The predicted molar refractivity (Wildman–Crippen MR) is 48.5 cm³/mol. The fourth-order valence-corrected chi connectivity index (χ4v) is 1.82. The first-order valence-electron chi connectivity index (χ1n) is 4.72. The number of aliphatic hydroxyl groups excluding tert-OH is 1. The van der Waals surface area contributed by atoms with E-state index in [0.717, 1.165) is 19.4 Å². The van der Waals surface area contributed by atoms with Crippen molar-refractivity contribution in [2.24, 2.45) is 5.92 Å². The number of piperidine rings is 1. The molecule has 0 aromatic heterocycles. The number of carboxylic acid groups (broad SMARTS) is 1. The van der Waals surface area contributed by atoms with E-state index >= 15 is 0 Å². The van der Waals surface area contributed by atoms with Gasteiger partial charge >= 0.3 is 5.97 Å². The van der Waals surface area contributed by atoms with E-state index in [1.54, 1.807) is 6.92 Å². The smallest absolute Gasteiger partial charge is 0.317 e. The summed E-state index contributed by atoms with van der Waals surface area (Å²) >= 11 is 0. The van der Waals surface area contributed by atoms with Crippen molar-refractivity contribution in [3.63, 3.8) is 0 Å². The largest absolute Gasteiger partial charge is 0.480 e. The van der Waals surface area contributed by atoms with Crippen molar-refractivity contribution in [3.8, 4) is 0 Å². The van der Waals surface area contributed by atoms with Gasteiger partial charge in [0.2, 0.25) is 0 Å². The lowest BCUT2D eigenvalue weighted by molar-refractivity contribution is -0.139. The van der Waals surface area contributed by atoms with Gasteiger partial charge in [-0.2, -0.15) is 0 Å². The number of nitrogens with zero attached hydrogens (tertiary/aromatic N) is 1. The first-order chi connectivity index (χ1) is 6.09. The van der Waals surface area contributed by atoms with Crippen molar-refractivity contribution in [3.05, 3.63) is 0 Å². The van der Waals surface area contributed by atoms with Crippen LogP contribution < -0.4 is 0 Å². The molecule has 1 saturated heterocycles. The highest BCUT2D eigenvalue weighted by Crippen LogP contribution is 2.19. The molecule has 4 heteroatoms. The Morgan fingerprint density at radius 1 is 1.69 bits per heavy atom. The molecule has 0 amide bonds. The zero-order valence-electron chi connectivity index (χ0n) is 7.94. The van der Waals surface area contributed by atoms with Crippen molar-refractivity contribution >= 4 is 5.97 Å². The molecule has 13 heavy (non-hydrogen) atoms. The van der Waals surface area contributed by atoms with Gasteiger partial charge < -0.3 is 10.2 Å². The second-order valence-electron chi connectivity index (χ2n) is 3.77. The summed E-state index contributed by atoms with van der Waals surface area (Å²) in [6.45, 7) is 3.43. The minimum Gasteiger partial charge on any atom is -0.480 e. The van der Waals surface area contributed by atoms with Crippen molar-refractivity contribution in [2.75, 3.05) is 19.6 Å². The monoisotopic (exact) mass is 187 g/mol. The number of rotatable bonds is 3. The summed E-state index contributed by atoms with van der Waals surface area (Å²) in [5, 5.41) is 17.9. The third kappa shape index (κ3) is 3.32. The molecule has 1 aliphatic heterocycles. The maximum Gasteiger partial charge on any atom is 0.317 e. The molecule has 4 nitrogen and oxygen atoms in total. The molecule has 0 radical (unpaired) electrons. The lowest BCUT2D eigenvalue weighted by atomic mass is 9.93. The van der Waals surface area contributed by atoms with Gasteiger partial charge in [0.05, 0.1) is 12.6 Å². The van der Waals surface area contributed by atoms with Gasteiger partial charge in [-0.1, -0.05) is 0 Å². The molecular formula is C9H17NO3. The fraction of sp³-hybridized carbons (Fsp3) is 0.889. The van der Waals surface area contributed by atoms with E-state index < -0.39 is 5.97 Å². The molecule has 1 heterocycles. The molecule has 0 bridgehead atoms. The first kappa shape index (κ1) is 10.5. The molecule has 0 aromatic carbocycles. The second kappa shape index (κ2) is 4.58. The summed E-state index contributed by atoms with van der Waals surface area (Å²) in [5.74, 6) is -0.542.